The Hall–Kier alpha value is -1.47. The van der Waals surface area contributed by atoms with Gasteiger partial charge in [-0.2, -0.15) is 0 Å². The Labute approximate surface area is 135 Å². The zero-order valence-electron chi connectivity index (χ0n) is 12.2. The summed E-state index contributed by atoms with van der Waals surface area (Å²) in [5.41, 5.74) is 3.33. The van der Waals surface area contributed by atoms with Crippen molar-refractivity contribution in [2.75, 3.05) is 6.54 Å². The first kappa shape index (κ1) is 16.9. The minimum Gasteiger partial charge on any atom is -0.312 e. The standard InChI is InChI=1S/C15H18ClN3O2S/c1-11-9-18-6-4-13(11)5-7-19-10-12-2-3-15(14(16)8-12)22(17,20)21/h2-4,6,8-9,19H,5,7,10H2,1H3,(H2,17,20,21). The van der Waals surface area contributed by atoms with Crippen LogP contribution in [0, 0.1) is 6.92 Å². The maximum Gasteiger partial charge on any atom is 0.239 e. The molecule has 0 unspecified atom stereocenters. The molecule has 0 aliphatic rings. The van der Waals surface area contributed by atoms with Crippen molar-refractivity contribution in [2.24, 2.45) is 5.14 Å². The van der Waals surface area contributed by atoms with Crippen LogP contribution >= 0.6 is 11.6 Å². The van der Waals surface area contributed by atoms with Gasteiger partial charge in [0.2, 0.25) is 10.0 Å². The number of pyridine rings is 1. The summed E-state index contributed by atoms with van der Waals surface area (Å²) in [7, 11) is -3.77. The predicted octanol–water partition coefficient (Wildman–Crippen LogP) is 2.02. The number of aryl methyl sites for hydroxylation is 1. The molecule has 5 nitrogen and oxygen atoms in total. The van der Waals surface area contributed by atoms with Crippen molar-refractivity contribution >= 4 is 21.6 Å². The summed E-state index contributed by atoms with van der Waals surface area (Å²) in [5.74, 6) is 0. The van der Waals surface area contributed by atoms with Gasteiger partial charge in [-0.05, 0) is 54.8 Å². The highest BCUT2D eigenvalue weighted by Crippen LogP contribution is 2.21. The second-order valence-corrected chi connectivity index (χ2v) is 6.98. The number of hydrogen-bond acceptors (Lipinski definition) is 4. The van der Waals surface area contributed by atoms with E-state index in [2.05, 4.69) is 10.3 Å². The molecule has 0 fully saturated rings. The van der Waals surface area contributed by atoms with Crippen molar-refractivity contribution in [1.82, 2.24) is 10.3 Å². The molecule has 0 bridgehead atoms. The first-order valence-electron chi connectivity index (χ1n) is 6.79. The molecule has 1 aromatic heterocycles. The van der Waals surface area contributed by atoms with Gasteiger partial charge in [-0.15, -0.1) is 0 Å². The smallest absolute Gasteiger partial charge is 0.239 e. The van der Waals surface area contributed by atoms with Gasteiger partial charge >= 0.3 is 0 Å². The first-order chi connectivity index (χ1) is 10.4. The topological polar surface area (TPSA) is 85.1 Å². The second kappa shape index (κ2) is 7.19. The minimum absolute atomic E-state index is 0.0506. The summed E-state index contributed by atoms with van der Waals surface area (Å²) in [5, 5.41) is 8.52. The Balaban J connectivity index is 1.90. The Bertz CT molecular complexity index is 763. The molecule has 22 heavy (non-hydrogen) atoms. The normalized spacial score (nSPS) is 11.6. The number of halogens is 1. The summed E-state index contributed by atoms with van der Waals surface area (Å²) in [6.45, 7) is 3.45. The minimum atomic E-state index is -3.77. The fourth-order valence-corrected chi connectivity index (χ4v) is 3.24. The van der Waals surface area contributed by atoms with Gasteiger partial charge in [-0.1, -0.05) is 17.7 Å². The molecule has 0 aliphatic heterocycles. The van der Waals surface area contributed by atoms with Crippen LogP contribution in [0.15, 0.2) is 41.6 Å². The molecule has 2 rings (SSSR count). The molecule has 7 heteroatoms. The molecule has 3 N–H and O–H groups in total. The number of primary sulfonamides is 1. The Morgan fingerprint density at radius 1 is 1.32 bits per heavy atom. The quantitative estimate of drug-likeness (QED) is 0.788. The summed E-state index contributed by atoms with van der Waals surface area (Å²) in [6.07, 6.45) is 4.53. The van der Waals surface area contributed by atoms with Crippen LogP contribution in [0.1, 0.15) is 16.7 Å². The van der Waals surface area contributed by atoms with Gasteiger partial charge in [0.05, 0.1) is 5.02 Å². The molecular formula is C15H18ClN3O2S. The highest BCUT2D eigenvalue weighted by Gasteiger charge is 2.12. The average Bonchev–Trinajstić information content (AvgIpc) is 2.44. The summed E-state index contributed by atoms with van der Waals surface area (Å²) >= 11 is 5.95. The van der Waals surface area contributed by atoms with Crippen LogP contribution in [0.25, 0.3) is 0 Å². The van der Waals surface area contributed by atoms with Crippen molar-refractivity contribution in [3.05, 3.63) is 58.4 Å². The SMILES string of the molecule is Cc1cnccc1CCNCc1ccc(S(N)(=O)=O)c(Cl)c1. The van der Waals surface area contributed by atoms with Crippen molar-refractivity contribution < 1.29 is 8.42 Å². The van der Waals surface area contributed by atoms with Crippen LogP contribution < -0.4 is 10.5 Å². The van der Waals surface area contributed by atoms with Gasteiger partial charge in [-0.25, -0.2) is 13.6 Å². The number of nitrogens with two attached hydrogens (primary N) is 1. The average molecular weight is 340 g/mol. The molecule has 0 radical (unpaired) electrons. The first-order valence-corrected chi connectivity index (χ1v) is 8.72. The summed E-state index contributed by atoms with van der Waals surface area (Å²) < 4.78 is 22.6. The summed E-state index contributed by atoms with van der Waals surface area (Å²) in [6, 6.07) is 6.76. The molecule has 0 saturated carbocycles. The largest absolute Gasteiger partial charge is 0.312 e. The van der Waals surface area contributed by atoms with Crippen LogP contribution in [-0.4, -0.2) is 19.9 Å². The van der Waals surface area contributed by atoms with E-state index in [4.69, 9.17) is 16.7 Å². The van der Waals surface area contributed by atoms with Gasteiger partial charge in [-0.3, -0.25) is 4.98 Å². The van der Waals surface area contributed by atoms with E-state index in [0.29, 0.717) is 6.54 Å². The van der Waals surface area contributed by atoms with E-state index in [1.165, 1.54) is 17.2 Å². The number of aromatic nitrogens is 1. The molecule has 0 atom stereocenters. The zero-order valence-corrected chi connectivity index (χ0v) is 13.8. The van der Waals surface area contributed by atoms with E-state index >= 15 is 0 Å². The highest BCUT2D eigenvalue weighted by molar-refractivity contribution is 7.89. The van der Waals surface area contributed by atoms with Gasteiger partial charge < -0.3 is 5.32 Å². The van der Waals surface area contributed by atoms with E-state index in [1.807, 2.05) is 19.2 Å². The van der Waals surface area contributed by atoms with Crippen LogP contribution in [0.2, 0.25) is 5.02 Å². The Morgan fingerprint density at radius 3 is 2.73 bits per heavy atom. The van der Waals surface area contributed by atoms with Crippen molar-refractivity contribution in [2.45, 2.75) is 24.8 Å². The number of benzene rings is 1. The lowest BCUT2D eigenvalue weighted by molar-refractivity contribution is 0.597. The third kappa shape index (κ3) is 4.51. The Kier molecular flexibility index (Phi) is 5.52. The third-order valence-electron chi connectivity index (χ3n) is 3.34. The molecule has 1 heterocycles. The summed E-state index contributed by atoms with van der Waals surface area (Å²) in [4.78, 5) is 4.01. The van der Waals surface area contributed by atoms with Crippen LogP contribution in [0.5, 0.6) is 0 Å². The molecular weight excluding hydrogens is 322 g/mol. The van der Waals surface area contributed by atoms with E-state index in [9.17, 15) is 8.42 Å². The molecule has 0 saturated heterocycles. The Morgan fingerprint density at radius 2 is 2.09 bits per heavy atom. The van der Waals surface area contributed by atoms with E-state index in [-0.39, 0.29) is 9.92 Å². The van der Waals surface area contributed by atoms with E-state index in [0.717, 1.165) is 18.5 Å². The van der Waals surface area contributed by atoms with Crippen molar-refractivity contribution in [1.29, 1.82) is 0 Å². The van der Waals surface area contributed by atoms with E-state index < -0.39 is 10.0 Å². The predicted molar refractivity (Wildman–Crippen MR) is 87.2 cm³/mol. The molecule has 2 aromatic rings. The molecule has 1 aromatic carbocycles. The van der Waals surface area contributed by atoms with Crippen LogP contribution in [0.4, 0.5) is 0 Å². The van der Waals surface area contributed by atoms with Crippen molar-refractivity contribution in [3.8, 4) is 0 Å². The highest BCUT2D eigenvalue weighted by atomic mass is 35.5. The fourth-order valence-electron chi connectivity index (χ4n) is 2.12. The van der Waals surface area contributed by atoms with Crippen molar-refractivity contribution in [3.63, 3.8) is 0 Å². The molecule has 0 spiro atoms. The lowest BCUT2D eigenvalue weighted by Crippen LogP contribution is -2.17. The van der Waals surface area contributed by atoms with Gasteiger partial charge in [0.15, 0.2) is 0 Å². The maximum atomic E-state index is 11.3. The molecule has 0 amide bonds. The molecule has 0 aliphatic carbocycles. The van der Waals surface area contributed by atoms with Crippen LogP contribution in [-0.2, 0) is 23.0 Å². The number of rotatable bonds is 6. The van der Waals surface area contributed by atoms with Crippen LogP contribution in [0.3, 0.4) is 0 Å². The number of nitrogens with zero attached hydrogens (tertiary/aromatic N) is 1. The zero-order chi connectivity index (χ0) is 16.2. The van der Waals surface area contributed by atoms with Gasteiger partial charge in [0.25, 0.3) is 0 Å². The van der Waals surface area contributed by atoms with Gasteiger partial charge in [0.1, 0.15) is 4.90 Å². The van der Waals surface area contributed by atoms with Gasteiger partial charge in [0, 0.05) is 18.9 Å². The molecule has 118 valence electrons. The fraction of sp³-hybridized carbons (Fsp3) is 0.267. The number of sulfonamides is 1. The monoisotopic (exact) mass is 339 g/mol. The maximum absolute atomic E-state index is 11.3. The lowest BCUT2D eigenvalue weighted by Gasteiger charge is -2.08. The third-order valence-corrected chi connectivity index (χ3v) is 4.73. The second-order valence-electron chi connectivity index (χ2n) is 5.04. The number of hydrogen-bond donors (Lipinski definition) is 2. The lowest BCUT2D eigenvalue weighted by atomic mass is 10.1. The number of nitrogens with one attached hydrogen (secondary N) is 1. The van der Waals surface area contributed by atoms with E-state index in [1.54, 1.807) is 18.3 Å².